The Morgan fingerprint density at radius 2 is 2.00 bits per heavy atom. The zero-order valence-corrected chi connectivity index (χ0v) is 10.2. The van der Waals surface area contributed by atoms with Crippen molar-refractivity contribution in [3.05, 3.63) is 29.6 Å². The molecule has 0 amide bonds. The van der Waals surface area contributed by atoms with E-state index < -0.39 is 11.4 Å². The molecule has 1 aromatic rings. The molecule has 0 aromatic heterocycles. The van der Waals surface area contributed by atoms with Gasteiger partial charge < -0.3 is 9.84 Å². The van der Waals surface area contributed by atoms with Crippen molar-refractivity contribution in [1.29, 1.82) is 0 Å². The van der Waals surface area contributed by atoms with Gasteiger partial charge in [-0.2, -0.15) is 0 Å². The summed E-state index contributed by atoms with van der Waals surface area (Å²) in [6.45, 7) is 7.78. The number of rotatable bonds is 4. The quantitative estimate of drug-likeness (QED) is 0.854. The summed E-state index contributed by atoms with van der Waals surface area (Å²) in [5, 5.41) is 9.80. The van der Waals surface area contributed by atoms with E-state index >= 15 is 0 Å². The molecule has 90 valence electrons. The summed E-state index contributed by atoms with van der Waals surface area (Å²) in [4.78, 5) is 0. The highest BCUT2D eigenvalue weighted by molar-refractivity contribution is 5.33. The van der Waals surface area contributed by atoms with Crippen LogP contribution in [0.25, 0.3) is 0 Å². The molecule has 1 N–H and O–H groups in total. The first kappa shape index (κ1) is 13.0. The summed E-state index contributed by atoms with van der Waals surface area (Å²) in [5.41, 5.74) is -0.337. The first-order valence-electron chi connectivity index (χ1n) is 5.46. The Morgan fingerprint density at radius 3 is 2.50 bits per heavy atom. The Bertz CT molecular complexity index is 353. The lowest BCUT2D eigenvalue weighted by atomic mass is 9.98. The minimum Gasteiger partial charge on any atom is -0.490 e. The van der Waals surface area contributed by atoms with Gasteiger partial charge in [0.2, 0.25) is 0 Å². The molecule has 0 unspecified atom stereocenters. The lowest BCUT2D eigenvalue weighted by molar-refractivity contribution is 0.0780. The van der Waals surface area contributed by atoms with Gasteiger partial charge in [-0.05, 0) is 37.5 Å². The molecular weight excluding hydrogens is 207 g/mol. The Morgan fingerprint density at radius 1 is 1.38 bits per heavy atom. The number of benzene rings is 1. The van der Waals surface area contributed by atoms with Gasteiger partial charge in [0, 0.05) is 0 Å². The third-order valence-electron chi connectivity index (χ3n) is 2.21. The molecule has 3 heteroatoms. The maximum atomic E-state index is 13.4. The molecule has 16 heavy (non-hydrogen) atoms. The molecule has 0 heterocycles. The van der Waals surface area contributed by atoms with Gasteiger partial charge in [-0.1, -0.05) is 19.9 Å². The average molecular weight is 226 g/mol. The van der Waals surface area contributed by atoms with Gasteiger partial charge in [-0.3, -0.25) is 0 Å². The van der Waals surface area contributed by atoms with E-state index in [4.69, 9.17) is 4.74 Å². The van der Waals surface area contributed by atoms with Crippen LogP contribution >= 0.6 is 0 Å². The fourth-order valence-corrected chi connectivity index (χ4v) is 1.25. The average Bonchev–Trinajstić information content (AvgIpc) is 2.14. The third-order valence-corrected chi connectivity index (χ3v) is 2.21. The lowest BCUT2D eigenvalue weighted by Crippen LogP contribution is -2.16. The first-order chi connectivity index (χ1) is 7.30. The Labute approximate surface area is 96.1 Å². The molecule has 0 bridgehead atoms. The zero-order valence-electron chi connectivity index (χ0n) is 10.2. The van der Waals surface area contributed by atoms with Crippen LogP contribution in [0, 0.1) is 11.7 Å². The zero-order chi connectivity index (χ0) is 12.3. The fraction of sp³-hybridized carbons (Fsp3) is 0.538. The van der Waals surface area contributed by atoms with Crippen LogP contribution < -0.4 is 4.74 Å². The maximum Gasteiger partial charge on any atom is 0.165 e. The van der Waals surface area contributed by atoms with Crippen molar-refractivity contribution in [3.63, 3.8) is 0 Å². The molecular formula is C13H19FO2. The van der Waals surface area contributed by atoms with E-state index in [0.717, 1.165) is 0 Å². The van der Waals surface area contributed by atoms with Crippen LogP contribution in [-0.4, -0.2) is 11.7 Å². The van der Waals surface area contributed by atoms with Gasteiger partial charge in [0.1, 0.15) is 0 Å². The number of aliphatic hydroxyl groups is 1. The predicted octanol–water partition coefficient (Wildman–Crippen LogP) is 3.09. The van der Waals surface area contributed by atoms with Crippen LogP contribution in [0.1, 0.15) is 33.3 Å². The highest BCUT2D eigenvalue weighted by atomic mass is 19.1. The Kier molecular flexibility index (Phi) is 3.92. The molecule has 0 saturated carbocycles. The second kappa shape index (κ2) is 4.83. The van der Waals surface area contributed by atoms with Crippen LogP contribution in [0.3, 0.4) is 0 Å². The van der Waals surface area contributed by atoms with E-state index in [-0.39, 0.29) is 5.75 Å². The maximum absolute atomic E-state index is 13.4. The summed E-state index contributed by atoms with van der Waals surface area (Å²) >= 11 is 0. The van der Waals surface area contributed by atoms with Gasteiger partial charge in [-0.15, -0.1) is 0 Å². The predicted molar refractivity (Wildman–Crippen MR) is 62.0 cm³/mol. The number of ether oxygens (including phenoxy) is 1. The molecule has 0 aliphatic carbocycles. The highest BCUT2D eigenvalue weighted by Crippen LogP contribution is 2.26. The molecule has 0 aliphatic heterocycles. The standard InChI is InChI=1S/C13H19FO2/c1-9(2)8-16-12-7-10(13(3,4)15)5-6-11(12)14/h5-7,9,15H,8H2,1-4H3. The van der Waals surface area contributed by atoms with E-state index in [1.807, 2.05) is 13.8 Å². The van der Waals surface area contributed by atoms with Crippen molar-refractivity contribution in [2.45, 2.75) is 33.3 Å². The summed E-state index contributed by atoms with van der Waals surface area (Å²) < 4.78 is 18.7. The lowest BCUT2D eigenvalue weighted by Gasteiger charge is -2.19. The van der Waals surface area contributed by atoms with Gasteiger partial charge in [0.25, 0.3) is 0 Å². The van der Waals surface area contributed by atoms with E-state index in [2.05, 4.69) is 0 Å². The van der Waals surface area contributed by atoms with Crippen LogP contribution in [0.15, 0.2) is 18.2 Å². The Hall–Kier alpha value is -1.09. The molecule has 0 spiro atoms. The minimum atomic E-state index is -0.982. The molecule has 0 radical (unpaired) electrons. The molecule has 2 nitrogen and oxygen atoms in total. The number of hydrogen-bond acceptors (Lipinski definition) is 2. The largest absolute Gasteiger partial charge is 0.490 e. The van der Waals surface area contributed by atoms with Crippen LogP contribution in [0.5, 0.6) is 5.75 Å². The van der Waals surface area contributed by atoms with Gasteiger partial charge in [-0.25, -0.2) is 4.39 Å². The van der Waals surface area contributed by atoms with Crippen molar-refractivity contribution < 1.29 is 14.2 Å². The fourth-order valence-electron chi connectivity index (χ4n) is 1.25. The number of halogens is 1. The van der Waals surface area contributed by atoms with Gasteiger partial charge in [0.05, 0.1) is 12.2 Å². The minimum absolute atomic E-state index is 0.202. The second-order valence-electron chi connectivity index (χ2n) is 4.91. The molecule has 1 aromatic carbocycles. The molecule has 0 fully saturated rings. The normalized spacial score (nSPS) is 11.9. The summed E-state index contributed by atoms with van der Waals surface area (Å²) in [5.74, 6) is 0.146. The van der Waals surface area contributed by atoms with Gasteiger partial charge >= 0.3 is 0 Å². The molecule has 0 aliphatic rings. The smallest absolute Gasteiger partial charge is 0.165 e. The highest BCUT2D eigenvalue weighted by Gasteiger charge is 2.18. The van der Waals surface area contributed by atoms with Gasteiger partial charge in [0.15, 0.2) is 11.6 Å². The topological polar surface area (TPSA) is 29.5 Å². The van der Waals surface area contributed by atoms with Crippen molar-refractivity contribution in [2.75, 3.05) is 6.61 Å². The monoisotopic (exact) mass is 226 g/mol. The van der Waals surface area contributed by atoms with Crippen molar-refractivity contribution in [2.24, 2.45) is 5.92 Å². The molecule has 0 atom stereocenters. The van der Waals surface area contributed by atoms with Crippen LogP contribution in [-0.2, 0) is 5.60 Å². The summed E-state index contributed by atoms with van der Waals surface area (Å²) in [6, 6.07) is 4.44. The Balaban J connectivity index is 2.91. The molecule has 0 saturated heterocycles. The second-order valence-corrected chi connectivity index (χ2v) is 4.91. The van der Waals surface area contributed by atoms with E-state index in [0.29, 0.717) is 18.1 Å². The van der Waals surface area contributed by atoms with Crippen molar-refractivity contribution in [1.82, 2.24) is 0 Å². The van der Waals surface area contributed by atoms with E-state index in [1.165, 1.54) is 6.07 Å². The van der Waals surface area contributed by atoms with Crippen molar-refractivity contribution >= 4 is 0 Å². The van der Waals surface area contributed by atoms with Crippen molar-refractivity contribution in [3.8, 4) is 5.75 Å². The van der Waals surface area contributed by atoms with E-state index in [9.17, 15) is 9.50 Å². The summed E-state index contributed by atoms with van der Waals surface area (Å²) in [6.07, 6.45) is 0. The molecule has 1 rings (SSSR count). The third kappa shape index (κ3) is 3.49. The summed E-state index contributed by atoms with van der Waals surface area (Å²) in [7, 11) is 0. The van der Waals surface area contributed by atoms with Crippen LogP contribution in [0.4, 0.5) is 4.39 Å². The van der Waals surface area contributed by atoms with Crippen LogP contribution in [0.2, 0.25) is 0 Å². The number of hydrogen-bond donors (Lipinski definition) is 1. The first-order valence-corrected chi connectivity index (χ1v) is 5.46. The SMILES string of the molecule is CC(C)COc1cc(C(C)(C)O)ccc1F. The van der Waals surface area contributed by atoms with E-state index in [1.54, 1.807) is 26.0 Å².